The number of benzene rings is 2. The molecule has 0 atom stereocenters. The molecule has 0 saturated heterocycles. The van der Waals surface area contributed by atoms with Crippen molar-refractivity contribution in [3.63, 3.8) is 0 Å². The number of ether oxygens (including phenoxy) is 1. The molecule has 32 heavy (non-hydrogen) atoms. The maximum Gasteiger partial charge on any atom is 0.264 e. The first kappa shape index (κ1) is 20.5. The van der Waals surface area contributed by atoms with Crippen LogP contribution in [0.5, 0.6) is 11.6 Å². The van der Waals surface area contributed by atoms with Crippen LogP contribution in [0.4, 0.5) is 0 Å². The summed E-state index contributed by atoms with van der Waals surface area (Å²) in [6.07, 6.45) is 2.07. The van der Waals surface area contributed by atoms with Crippen molar-refractivity contribution in [3.05, 3.63) is 88.1 Å². The minimum Gasteiger partial charge on any atom is -0.439 e. The second-order valence-electron chi connectivity index (χ2n) is 8.18. The Balaban J connectivity index is 1.57. The minimum absolute atomic E-state index is 0.0758. The van der Waals surface area contributed by atoms with Gasteiger partial charge in [-0.1, -0.05) is 48.5 Å². The molecule has 1 fully saturated rings. The first-order chi connectivity index (χ1) is 15.6. The van der Waals surface area contributed by atoms with E-state index in [-0.39, 0.29) is 11.9 Å². The fourth-order valence-corrected chi connectivity index (χ4v) is 4.59. The number of hydrogen-bond donors (Lipinski definition) is 0. The van der Waals surface area contributed by atoms with Crippen LogP contribution in [-0.4, -0.2) is 26.6 Å². The number of aryl methyl sites for hydroxylation is 2. The Morgan fingerprint density at radius 2 is 1.94 bits per heavy atom. The number of carbonyl (C=O) groups excluding carboxylic acids is 1. The third kappa shape index (κ3) is 4.18. The van der Waals surface area contributed by atoms with E-state index in [1.165, 1.54) is 11.3 Å². The maximum absolute atomic E-state index is 13.3. The average Bonchev–Trinajstić information content (AvgIpc) is 3.39. The number of thiophene rings is 1. The van der Waals surface area contributed by atoms with Gasteiger partial charge in [0.05, 0.1) is 17.0 Å². The Bertz CT molecular complexity index is 1230. The largest absolute Gasteiger partial charge is 0.439 e. The molecular formula is C26H25N3O2S. The number of nitrogens with zero attached hydrogens (tertiary/aromatic N) is 3. The lowest BCUT2D eigenvalue weighted by Crippen LogP contribution is -2.32. The molecule has 2 aromatic carbocycles. The highest BCUT2D eigenvalue weighted by Gasteiger charge is 2.35. The van der Waals surface area contributed by atoms with E-state index in [0.29, 0.717) is 12.4 Å². The molecule has 162 valence electrons. The van der Waals surface area contributed by atoms with E-state index in [0.717, 1.165) is 45.9 Å². The van der Waals surface area contributed by atoms with Gasteiger partial charge in [0.15, 0.2) is 0 Å². The summed E-state index contributed by atoms with van der Waals surface area (Å²) in [6.45, 7) is 2.50. The molecule has 0 aliphatic heterocycles. The number of aromatic nitrogens is 2. The lowest BCUT2D eigenvalue weighted by atomic mass is 10.1. The molecule has 0 spiro atoms. The van der Waals surface area contributed by atoms with Gasteiger partial charge in [-0.05, 0) is 48.9 Å². The predicted octanol–water partition coefficient (Wildman–Crippen LogP) is 6.05. The summed E-state index contributed by atoms with van der Waals surface area (Å²) in [5.41, 5.74) is 3.91. The van der Waals surface area contributed by atoms with E-state index in [1.807, 2.05) is 91.0 Å². The SMILES string of the molecule is Cc1cccc(Oc2c(CN(C(=O)c3cccs3)C3CC3)c(-c3ccccc3)nn2C)c1. The zero-order valence-corrected chi connectivity index (χ0v) is 19.0. The van der Waals surface area contributed by atoms with Crippen molar-refractivity contribution >= 4 is 17.2 Å². The third-order valence-corrected chi connectivity index (χ3v) is 6.51. The van der Waals surface area contributed by atoms with Gasteiger partial charge in [0, 0.05) is 18.7 Å². The molecule has 6 heteroatoms. The van der Waals surface area contributed by atoms with Gasteiger partial charge < -0.3 is 9.64 Å². The van der Waals surface area contributed by atoms with Gasteiger partial charge >= 0.3 is 0 Å². The van der Waals surface area contributed by atoms with Crippen LogP contribution in [0.3, 0.4) is 0 Å². The Labute approximate surface area is 191 Å². The van der Waals surface area contributed by atoms with Gasteiger partial charge in [-0.15, -0.1) is 11.3 Å². The highest BCUT2D eigenvalue weighted by Crippen LogP contribution is 2.38. The van der Waals surface area contributed by atoms with Crippen LogP contribution in [0.2, 0.25) is 0 Å². The van der Waals surface area contributed by atoms with Crippen molar-refractivity contribution in [2.24, 2.45) is 7.05 Å². The topological polar surface area (TPSA) is 47.4 Å². The van der Waals surface area contributed by atoms with E-state index in [4.69, 9.17) is 9.84 Å². The van der Waals surface area contributed by atoms with Crippen molar-refractivity contribution in [2.75, 3.05) is 0 Å². The van der Waals surface area contributed by atoms with Crippen LogP contribution in [0, 0.1) is 6.92 Å². The van der Waals surface area contributed by atoms with Crippen molar-refractivity contribution in [1.29, 1.82) is 0 Å². The van der Waals surface area contributed by atoms with Crippen LogP contribution >= 0.6 is 11.3 Å². The van der Waals surface area contributed by atoms with E-state index < -0.39 is 0 Å². The molecule has 1 amide bonds. The van der Waals surface area contributed by atoms with Crippen LogP contribution in [-0.2, 0) is 13.6 Å². The number of rotatable bonds is 7. The molecule has 2 aromatic heterocycles. The van der Waals surface area contributed by atoms with Crippen molar-refractivity contribution < 1.29 is 9.53 Å². The van der Waals surface area contributed by atoms with Crippen LogP contribution < -0.4 is 4.74 Å². The monoisotopic (exact) mass is 443 g/mol. The number of carbonyl (C=O) groups is 1. The lowest BCUT2D eigenvalue weighted by Gasteiger charge is -2.22. The average molecular weight is 444 g/mol. The van der Waals surface area contributed by atoms with Gasteiger partial charge in [0.25, 0.3) is 5.91 Å². The normalized spacial score (nSPS) is 13.2. The molecule has 0 unspecified atom stereocenters. The first-order valence-corrected chi connectivity index (χ1v) is 11.7. The summed E-state index contributed by atoms with van der Waals surface area (Å²) in [5.74, 6) is 1.50. The molecule has 1 saturated carbocycles. The molecule has 4 aromatic rings. The third-order valence-electron chi connectivity index (χ3n) is 5.65. The standard InChI is InChI=1S/C26H25N3O2S/c1-18-8-6-11-21(16-18)31-26-22(24(27-28(26)2)19-9-4-3-5-10-19)17-29(20-13-14-20)25(30)23-12-7-15-32-23/h3-12,15-16,20H,13-14,17H2,1-2H3. The molecule has 1 aliphatic carbocycles. The van der Waals surface area contributed by atoms with Gasteiger partial charge in [-0.3, -0.25) is 4.79 Å². The molecule has 5 rings (SSSR count). The Hall–Kier alpha value is -3.38. The zero-order valence-electron chi connectivity index (χ0n) is 18.2. The van der Waals surface area contributed by atoms with Crippen molar-refractivity contribution in [3.8, 4) is 22.9 Å². The summed E-state index contributed by atoms with van der Waals surface area (Å²) in [7, 11) is 1.89. The van der Waals surface area contributed by atoms with Gasteiger partial charge in [0.1, 0.15) is 11.4 Å². The first-order valence-electron chi connectivity index (χ1n) is 10.8. The second-order valence-corrected chi connectivity index (χ2v) is 9.13. The van der Waals surface area contributed by atoms with Crippen molar-refractivity contribution in [1.82, 2.24) is 14.7 Å². The lowest BCUT2D eigenvalue weighted by molar-refractivity contribution is 0.0734. The van der Waals surface area contributed by atoms with Crippen LogP contribution in [0.25, 0.3) is 11.3 Å². The van der Waals surface area contributed by atoms with Crippen LogP contribution in [0.1, 0.15) is 33.6 Å². The zero-order chi connectivity index (χ0) is 22.1. The Morgan fingerprint density at radius 3 is 2.62 bits per heavy atom. The molecule has 5 nitrogen and oxygen atoms in total. The number of amides is 1. The number of hydrogen-bond acceptors (Lipinski definition) is 4. The fraction of sp³-hybridized carbons (Fsp3) is 0.231. The molecular weight excluding hydrogens is 418 g/mol. The molecule has 2 heterocycles. The quantitative estimate of drug-likeness (QED) is 0.349. The summed E-state index contributed by atoms with van der Waals surface area (Å²) in [5, 5.41) is 6.76. The molecule has 0 N–H and O–H groups in total. The highest BCUT2D eigenvalue weighted by molar-refractivity contribution is 7.12. The van der Waals surface area contributed by atoms with Gasteiger partial charge in [0.2, 0.25) is 5.88 Å². The summed E-state index contributed by atoms with van der Waals surface area (Å²) in [4.78, 5) is 16.1. The summed E-state index contributed by atoms with van der Waals surface area (Å²) in [6, 6.07) is 22.2. The second kappa shape index (κ2) is 8.63. The molecule has 0 radical (unpaired) electrons. The van der Waals surface area contributed by atoms with Crippen LogP contribution in [0.15, 0.2) is 72.1 Å². The van der Waals surface area contributed by atoms with E-state index in [2.05, 4.69) is 0 Å². The van der Waals surface area contributed by atoms with E-state index >= 15 is 0 Å². The van der Waals surface area contributed by atoms with Gasteiger partial charge in [-0.25, -0.2) is 4.68 Å². The smallest absolute Gasteiger partial charge is 0.264 e. The maximum atomic E-state index is 13.3. The van der Waals surface area contributed by atoms with E-state index in [1.54, 1.807) is 4.68 Å². The Morgan fingerprint density at radius 1 is 1.12 bits per heavy atom. The summed E-state index contributed by atoms with van der Waals surface area (Å²) >= 11 is 1.49. The van der Waals surface area contributed by atoms with Gasteiger partial charge in [-0.2, -0.15) is 5.10 Å². The van der Waals surface area contributed by atoms with E-state index in [9.17, 15) is 4.79 Å². The highest BCUT2D eigenvalue weighted by atomic mass is 32.1. The fourth-order valence-electron chi connectivity index (χ4n) is 3.91. The summed E-state index contributed by atoms with van der Waals surface area (Å²) < 4.78 is 8.14. The van der Waals surface area contributed by atoms with Crippen molar-refractivity contribution in [2.45, 2.75) is 32.4 Å². The molecule has 0 bridgehead atoms. The molecule has 1 aliphatic rings. The minimum atomic E-state index is 0.0758. The predicted molar refractivity (Wildman–Crippen MR) is 127 cm³/mol. The Kier molecular flexibility index (Phi) is 5.53.